The van der Waals surface area contributed by atoms with Gasteiger partial charge in [-0.3, -0.25) is 14.3 Å². The summed E-state index contributed by atoms with van der Waals surface area (Å²) in [5.74, 6) is 0.192. The van der Waals surface area contributed by atoms with Gasteiger partial charge in [0.15, 0.2) is 0 Å². The Morgan fingerprint density at radius 1 is 1.45 bits per heavy atom. The summed E-state index contributed by atoms with van der Waals surface area (Å²) < 4.78 is 7.30. The molecular formula is C14H16ClN3O2. The summed E-state index contributed by atoms with van der Waals surface area (Å²) in [6, 6.07) is 7.32. The van der Waals surface area contributed by atoms with Crippen molar-refractivity contribution in [2.75, 3.05) is 0 Å². The van der Waals surface area contributed by atoms with Crippen molar-refractivity contribution in [1.29, 1.82) is 0 Å². The number of benzene rings is 1. The highest BCUT2D eigenvalue weighted by atomic mass is 35.5. The van der Waals surface area contributed by atoms with E-state index in [-0.39, 0.29) is 12.5 Å². The average Bonchev–Trinajstić information content (AvgIpc) is 2.89. The van der Waals surface area contributed by atoms with E-state index in [0.717, 1.165) is 17.5 Å². The van der Waals surface area contributed by atoms with E-state index in [2.05, 4.69) is 9.93 Å². The molecule has 0 saturated carbocycles. The lowest BCUT2D eigenvalue weighted by atomic mass is 9.99. The van der Waals surface area contributed by atoms with Gasteiger partial charge in [-0.25, -0.2) is 0 Å². The first-order chi connectivity index (χ1) is 9.65. The molecule has 0 saturated heterocycles. The van der Waals surface area contributed by atoms with Crippen LogP contribution in [0.25, 0.3) is 0 Å². The Balaban J connectivity index is 2.26. The molecule has 0 spiro atoms. The average molecular weight is 294 g/mol. The molecule has 106 valence electrons. The molecule has 1 aromatic heterocycles. The fraction of sp³-hybridized carbons (Fsp3) is 0.286. The number of rotatable bonds is 5. The van der Waals surface area contributed by atoms with Crippen LogP contribution in [0.15, 0.2) is 30.5 Å². The summed E-state index contributed by atoms with van der Waals surface area (Å²) in [6.45, 7) is 2.31. The number of halogens is 1. The summed E-state index contributed by atoms with van der Waals surface area (Å²) >= 11 is 5.42. The highest BCUT2D eigenvalue weighted by Crippen LogP contribution is 2.18. The second kappa shape index (κ2) is 6.43. The van der Waals surface area contributed by atoms with Gasteiger partial charge in [-0.1, -0.05) is 19.1 Å². The molecule has 20 heavy (non-hydrogen) atoms. The van der Waals surface area contributed by atoms with Crippen molar-refractivity contribution >= 4 is 17.7 Å². The number of ether oxygens (including phenoxy) is 1. The van der Waals surface area contributed by atoms with E-state index in [9.17, 15) is 4.79 Å². The highest BCUT2D eigenvalue weighted by Gasteiger charge is 2.14. The van der Waals surface area contributed by atoms with E-state index < -0.39 is 0 Å². The summed E-state index contributed by atoms with van der Waals surface area (Å²) in [5, 5.41) is 4.14. The van der Waals surface area contributed by atoms with Gasteiger partial charge in [0.1, 0.15) is 6.61 Å². The third kappa shape index (κ3) is 3.11. The molecule has 0 aliphatic carbocycles. The van der Waals surface area contributed by atoms with E-state index in [1.165, 1.54) is 0 Å². The minimum absolute atomic E-state index is 0.278. The Morgan fingerprint density at radius 3 is 2.85 bits per heavy atom. The van der Waals surface area contributed by atoms with Gasteiger partial charge in [0.25, 0.3) is 5.91 Å². The Kier molecular flexibility index (Phi) is 4.63. The topological polar surface area (TPSA) is 56.1 Å². The van der Waals surface area contributed by atoms with E-state index >= 15 is 0 Å². The zero-order valence-corrected chi connectivity index (χ0v) is 12.1. The molecule has 1 N–H and O–H groups in total. The summed E-state index contributed by atoms with van der Waals surface area (Å²) in [7, 11) is 1.82. The van der Waals surface area contributed by atoms with E-state index in [1.54, 1.807) is 23.0 Å². The van der Waals surface area contributed by atoms with Crippen molar-refractivity contribution in [2.24, 2.45) is 7.05 Å². The quantitative estimate of drug-likeness (QED) is 0.862. The smallest absolute Gasteiger partial charge is 0.266 e. The number of amides is 1. The molecular weight excluding hydrogens is 278 g/mol. The molecule has 0 fully saturated rings. The van der Waals surface area contributed by atoms with Crippen LogP contribution in [0, 0.1) is 0 Å². The van der Waals surface area contributed by atoms with Crippen molar-refractivity contribution in [3.05, 3.63) is 47.2 Å². The minimum Gasteiger partial charge on any atom is -0.472 e. The van der Waals surface area contributed by atoms with Crippen LogP contribution in [0.2, 0.25) is 0 Å². The molecule has 1 amide bonds. The Labute approximate surface area is 122 Å². The van der Waals surface area contributed by atoms with Crippen molar-refractivity contribution in [2.45, 2.75) is 20.0 Å². The molecule has 2 aromatic rings. The Morgan fingerprint density at radius 2 is 2.25 bits per heavy atom. The predicted octanol–water partition coefficient (Wildman–Crippen LogP) is 2.45. The molecule has 0 radical (unpaired) electrons. The first kappa shape index (κ1) is 14.4. The fourth-order valence-corrected chi connectivity index (χ4v) is 2.12. The van der Waals surface area contributed by atoms with Crippen molar-refractivity contribution in [3.63, 3.8) is 0 Å². The molecule has 1 heterocycles. The van der Waals surface area contributed by atoms with E-state index in [1.807, 2.05) is 26.1 Å². The van der Waals surface area contributed by atoms with Crippen LogP contribution in [0.1, 0.15) is 28.4 Å². The molecule has 0 aliphatic heterocycles. The largest absolute Gasteiger partial charge is 0.472 e. The Hall–Kier alpha value is -2.01. The fourth-order valence-electron chi connectivity index (χ4n) is 2.02. The number of nitrogens with zero attached hydrogens (tertiary/aromatic N) is 2. The van der Waals surface area contributed by atoms with Gasteiger partial charge in [0.05, 0.1) is 0 Å². The number of aryl methyl sites for hydroxylation is 2. The predicted molar refractivity (Wildman–Crippen MR) is 76.7 cm³/mol. The van der Waals surface area contributed by atoms with Crippen LogP contribution < -0.4 is 9.57 Å². The van der Waals surface area contributed by atoms with E-state index in [4.69, 9.17) is 16.5 Å². The SMILES string of the molecule is CCc1cccc(C(=O)NCl)c1COc1ccn(C)n1. The first-order valence-electron chi connectivity index (χ1n) is 6.30. The zero-order valence-electron chi connectivity index (χ0n) is 11.4. The Bertz CT molecular complexity index is 610. The lowest BCUT2D eigenvalue weighted by Crippen LogP contribution is -2.17. The number of carbonyl (C=O) groups is 1. The van der Waals surface area contributed by atoms with Gasteiger partial charge in [-0.2, -0.15) is 0 Å². The molecule has 2 rings (SSSR count). The summed E-state index contributed by atoms with van der Waals surface area (Å²) in [6.07, 6.45) is 2.61. The molecule has 0 unspecified atom stereocenters. The lowest BCUT2D eigenvalue weighted by molar-refractivity contribution is 0.0979. The normalized spacial score (nSPS) is 10.3. The number of hydrogen-bond donors (Lipinski definition) is 1. The van der Waals surface area contributed by atoms with Crippen LogP contribution in [-0.4, -0.2) is 15.7 Å². The number of hydrogen-bond acceptors (Lipinski definition) is 3. The van der Waals surface area contributed by atoms with Crippen LogP contribution in [0.3, 0.4) is 0 Å². The van der Waals surface area contributed by atoms with Gasteiger partial charge >= 0.3 is 0 Å². The maximum absolute atomic E-state index is 11.8. The molecule has 6 heteroatoms. The minimum atomic E-state index is -0.332. The lowest BCUT2D eigenvalue weighted by Gasteiger charge is -2.12. The molecule has 0 atom stereocenters. The third-order valence-corrected chi connectivity index (χ3v) is 3.21. The number of aromatic nitrogens is 2. The maximum Gasteiger partial charge on any atom is 0.266 e. The molecule has 1 aromatic carbocycles. The molecule has 0 aliphatic rings. The van der Waals surface area contributed by atoms with Crippen molar-refractivity contribution < 1.29 is 9.53 Å². The van der Waals surface area contributed by atoms with Crippen LogP contribution in [0.4, 0.5) is 0 Å². The zero-order chi connectivity index (χ0) is 14.5. The van der Waals surface area contributed by atoms with Gasteiger partial charge in [-0.05, 0) is 18.1 Å². The van der Waals surface area contributed by atoms with E-state index in [0.29, 0.717) is 11.4 Å². The van der Waals surface area contributed by atoms with Gasteiger partial charge < -0.3 is 4.74 Å². The van der Waals surface area contributed by atoms with Crippen LogP contribution in [-0.2, 0) is 20.1 Å². The monoisotopic (exact) mass is 293 g/mol. The highest BCUT2D eigenvalue weighted by molar-refractivity contribution is 6.24. The van der Waals surface area contributed by atoms with Gasteiger partial charge in [-0.15, -0.1) is 5.10 Å². The number of nitrogens with one attached hydrogen (secondary N) is 1. The van der Waals surface area contributed by atoms with Gasteiger partial charge in [0, 0.05) is 42.2 Å². The number of carbonyl (C=O) groups excluding carboxylic acids is 1. The molecule has 0 bridgehead atoms. The van der Waals surface area contributed by atoms with Crippen LogP contribution >= 0.6 is 11.8 Å². The first-order valence-corrected chi connectivity index (χ1v) is 6.67. The standard InChI is InChI=1S/C14H16ClN3O2/c1-3-10-5-4-6-11(14(19)16-15)12(10)9-20-13-7-8-18(2)17-13/h4-8H,3,9H2,1-2H3,(H,16,19). The summed E-state index contributed by atoms with van der Waals surface area (Å²) in [5.41, 5.74) is 2.41. The second-order valence-corrected chi connectivity index (χ2v) is 4.53. The maximum atomic E-state index is 11.8. The van der Waals surface area contributed by atoms with Crippen molar-refractivity contribution in [1.82, 2.24) is 14.6 Å². The summed E-state index contributed by atoms with van der Waals surface area (Å²) in [4.78, 5) is 13.9. The van der Waals surface area contributed by atoms with Crippen LogP contribution in [0.5, 0.6) is 5.88 Å². The second-order valence-electron chi connectivity index (χ2n) is 4.34. The van der Waals surface area contributed by atoms with Gasteiger partial charge in [0.2, 0.25) is 5.88 Å². The molecule has 5 nitrogen and oxygen atoms in total. The van der Waals surface area contributed by atoms with Crippen molar-refractivity contribution in [3.8, 4) is 5.88 Å². The third-order valence-electron chi connectivity index (χ3n) is 3.04.